The Morgan fingerprint density at radius 3 is 2.64 bits per heavy atom. The molecule has 0 amide bonds. The van der Waals surface area contributed by atoms with E-state index in [9.17, 15) is 9.59 Å². The summed E-state index contributed by atoms with van der Waals surface area (Å²) in [7, 11) is 0. The number of nitrogens with one attached hydrogen (secondary N) is 2. The second kappa shape index (κ2) is 8.50. The molecule has 0 unspecified atom stereocenters. The minimum Gasteiger partial charge on any atom is -0.369 e. The first-order chi connectivity index (χ1) is 16.0. The molecule has 4 aromatic rings. The average molecular weight is 480 g/mol. The SMILES string of the molecule is C[C@H](Nc1ncnc2c1C(=O)CCN2)c1c(Cl)c2cccc(Cl)c2c(=O)n1-c1ccccc1. The van der Waals surface area contributed by atoms with Gasteiger partial charge >= 0.3 is 0 Å². The summed E-state index contributed by atoms with van der Waals surface area (Å²) in [6, 6.07) is 13.9. The van der Waals surface area contributed by atoms with E-state index in [-0.39, 0.29) is 11.3 Å². The van der Waals surface area contributed by atoms with Crippen LogP contribution < -0.4 is 16.2 Å². The van der Waals surface area contributed by atoms with Crippen LogP contribution >= 0.6 is 23.2 Å². The van der Waals surface area contributed by atoms with Gasteiger partial charge in [0.1, 0.15) is 23.5 Å². The summed E-state index contributed by atoms with van der Waals surface area (Å²) in [5, 5.41) is 8.05. The third kappa shape index (κ3) is 3.63. The summed E-state index contributed by atoms with van der Waals surface area (Å²) >= 11 is 13.3. The van der Waals surface area contributed by atoms with Crippen molar-refractivity contribution >= 4 is 51.4 Å². The molecule has 33 heavy (non-hydrogen) atoms. The Hall–Kier alpha value is -3.42. The van der Waals surface area contributed by atoms with Gasteiger partial charge in [0.05, 0.1) is 27.2 Å². The second-order valence-corrected chi connectivity index (χ2v) is 8.53. The zero-order valence-electron chi connectivity index (χ0n) is 17.6. The van der Waals surface area contributed by atoms with Gasteiger partial charge in [-0.3, -0.25) is 14.2 Å². The molecular formula is C24H19Cl2N5O2. The first-order valence-corrected chi connectivity index (χ1v) is 11.2. The molecule has 2 N–H and O–H groups in total. The molecule has 1 atom stereocenters. The number of hydrogen-bond acceptors (Lipinski definition) is 6. The van der Waals surface area contributed by atoms with Crippen molar-refractivity contribution in [1.82, 2.24) is 14.5 Å². The first-order valence-electron chi connectivity index (χ1n) is 10.4. The van der Waals surface area contributed by atoms with Crippen molar-refractivity contribution in [3.8, 4) is 5.69 Å². The van der Waals surface area contributed by atoms with Crippen molar-refractivity contribution in [2.75, 3.05) is 17.2 Å². The van der Waals surface area contributed by atoms with Gasteiger partial charge in [0.25, 0.3) is 5.56 Å². The van der Waals surface area contributed by atoms with Gasteiger partial charge < -0.3 is 10.6 Å². The normalized spacial score (nSPS) is 14.0. The number of carbonyl (C=O) groups is 1. The lowest BCUT2D eigenvalue weighted by Crippen LogP contribution is -2.27. The Labute approximate surface area is 199 Å². The molecule has 9 heteroatoms. The Balaban J connectivity index is 1.73. The lowest BCUT2D eigenvalue weighted by molar-refractivity contribution is 0.0983. The van der Waals surface area contributed by atoms with Crippen LogP contribution in [0.25, 0.3) is 16.5 Å². The number of Topliss-reactive ketones (excluding diaryl/α,β-unsaturated/α-hetero) is 1. The summed E-state index contributed by atoms with van der Waals surface area (Å²) in [4.78, 5) is 34.7. The number of fused-ring (bicyclic) bond motifs is 2. The van der Waals surface area contributed by atoms with Crippen LogP contribution in [0.3, 0.4) is 0 Å². The van der Waals surface area contributed by atoms with E-state index in [1.165, 1.54) is 6.33 Å². The fourth-order valence-electron chi connectivity index (χ4n) is 4.18. The van der Waals surface area contributed by atoms with Crippen LogP contribution in [0.15, 0.2) is 59.7 Å². The van der Waals surface area contributed by atoms with Crippen LogP contribution in [0, 0.1) is 0 Å². The molecule has 5 rings (SSSR count). The highest BCUT2D eigenvalue weighted by Gasteiger charge is 2.27. The van der Waals surface area contributed by atoms with Crippen LogP contribution in [0.1, 0.15) is 35.4 Å². The topological polar surface area (TPSA) is 88.9 Å². The zero-order valence-corrected chi connectivity index (χ0v) is 19.1. The van der Waals surface area contributed by atoms with Crippen LogP contribution in [0.4, 0.5) is 11.6 Å². The minimum atomic E-state index is -0.484. The van der Waals surface area contributed by atoms with Crippen molar-refractivity contribution in [3.05, 3.63) is 86.5 Å². The summed E-state index contributed by atoms with van der Waals surface area (Å²) < 4.78 is 1.56. The lowest BCUT2D eigenvalue weighted by Gasteiger charge is -2.25. The predicted molar refractivity (Wildman–Crippen MR) is 131 cm³/mol. The maximum atomic E-state index is 13.7. The Kier molecular flexibility index (Phi) is 5.52. The number of pyridine rings is 1. The highest BCUT2D eigenvalue weighted by atomic mass is 35.5. The van der Waals surface area contributed by atoms with Crippen LogP contribution in [-0.4, -0.2) is 26.9 Å². The molecule has 0 aliphatic carbocycles. The van der Waals surface area contributed by atoms with Gasteiger partial charge in [-0.25, -0.2) is 9.97 Å². The maximum absolute atomic E-state index is 13.7. The number of para-hydroxylation sites is 1. The fourth-order valence-corrected chi connectivity index (χ4v) is 4.85. The second-order valence-electron chi connectivity index (χ2n) is 7.75. The molecule has 166 valence electrons. The van der Waals surface area contributed by atoms with Gasteiger partial charge in [-0.15, -0.1) is 0 Å². The number of aromatic nitrogens is 3. The molecule has 7 nitrogen and oxygen atoms in total. The summed E-state index contributed by atoms with van der Waals surface area (Å²) in [6.07, 6.45) is 1.75. The number of nitrogens with zero attached hydrogens (tertiary/aromatic N) is 3. The van der Waals surface area contributed by atoms with Gasteiger partial charge in [-0.2, -0.15) is 0 Å². The van der Waals surface area contributed by atoms with E-state index in [4.69, 9.17) is 23.2 Å². The Bertz CT molecular complexity index is 1450. The van der Waals surface area contributed by atoms with Gasteiger partial charge in [-0.1, -0.05) is 53.5 Å². The van der Waals surface area contributed by atoms with Gasteiger partial charge in [0.15, 0.2) is 5.78 Å². The molecule has 0 fully saturated rings. The molecule has 2 aromatic heterocycles. The summed E-state index contributed by atoms with van der Waals surface area (Å²) in [5.41, 5.74) is 1.31. The number of halogens is 2. The van der Waals surface area contributed by atoms with Gasteiger partial charge in [0.2, 0.25) is 0 Å². The first kappa shape index (κ1) is 21.4. The van der Waals surface area contributed by atoms with Crippen LogP contribution in [-0.2, 0) is 0 Å². The van der Waals surface area contributed by atoms with Crippen LogP contribution in [0.2, 0.25) is 10.0 Å². The van der Waals surface area contributed by atoms with E-state index in [2.05, 4.69) is 20.6 Å². The molecule has 1 aliphatic heterocycles. The van der Waals surface area contributed by atoms with E-state index in [0.29, 0.717) is 62.4 Å². The summed E-state index contributed by atoms with van der Waals surface area (Å²) in [5.74, 6) is 0.836. The fraction of sp³-hybridized carbons (Fsp3) is 0.167. The van der Waals surface area contributed by atoms with E-state index >= 15 is 0 Å². The Morgan fingerprint density at radius 1 is 1.06 bits per heavy atom. The third-order valence-electron chi connectivity index (χ3n) is 5.68. The highest BCUT2D eigenvalue weighted by molar-refractivity contribution is 6.40. The van der Waals surface area contributed by atoms with E-state index in [1.54, 1.807) is 22.8 Å². The van der Waals surface area contributed by atoms with E-state index < -0.39 is 6.04 Å². The molecule has 0 saturated carbocycles. The van der Waals surface area contributed by atoms with Crippen molar-refractivity contribution < 1.29 is 4.79 Å². The molecule has 1 aliphatic rings. The average Bonchev–Trinajstić information content (AvgIpc) is 2.81. The summed E-state index contributed by atoms with van der Waals surface area (Å²) in [6.45, 7) is 2.40. The smallest absolute Gasteiger partial charge is 0.264 e. The van der Waals surface area contributed by atoms with Gasteiger partial charge in [-0.05, 0) is 25.1 Å². The standard InChI is InChI=1S/C24H19Cl2N5O2/c1-13(30-23-19-17(32)10-11-27-22(19)28-12-29-23)21-20(26)15-8-5-9-16(25)18(15)24(33)31(21)14-6-3-2-4-7-14/h2-9,12-13H,10-11H2,1H3,(H2,27,28,29,30)/t13-/m0/s1. The highest BCUT2D eigenvalue weighted by Crippen LogP contribution is 2.35. The van der Waals surface area contributed by atoms with Crippen molar-refractivity contribution in [2.24, 2.45) is 0 Å². The van der Waals surface area contributed by atoms with Crippen molar-refractivity contribution in [1.29, 1.82) is 0 Å². The van der Waals surface area contributed by atoms with Gasteiger partial charge in [0, 0.05) is 24.0 Å². The largest absolute Gasteiger partial charge is 0.369 e. The maximum Gasteiger partial charge on any atom is 0.264 e. The van der Waals surface area contributed by atoms with E-state index in [0.717, 1.165) is 0 Å². The molecule has 3 heterocycles. The van der Waals surface area contributed by atoms with Crippen molar-refractivity contribution in [3.63, 3.8) is 0 Å². The number of carbonyl (C=O) groups excluding carboxylic acids is 1. The third-order valence-corrected chi connectivity index (χ3v) is 6.39. The number of anilines is 2. The monoisotopic (exact) mass is 479 g/mol. The number of benzene rings is 2. The molecule has 0 spiro atoms. The lowest BCUT2D eigenvalue weighted by atomic mass is 10.0. The molecular weight excluding hydrogens is 461 g/mol. The molecule has 0 radical (unpaired) electrons. The number of ketones is 1. The van der Waals surface area contributed by atoms with E-state index in [1.807, 2.05) is 37.3 Å². The predicted octanol–water partition coefficient (Wildman–Crippen LogP) is 5.26. The zero-order chi connectivity index (χ0) is 23.1. The number of rotatable bonds is 4. The Morgan fingerprint density at radius 2 is 1.85 bits per heavy atom. The van der Waals surface area contributed by atoms with Crippen LogP contribution in [0.5, 0.6) is 0 Å². The quantitative estimate of drug-likeness (QED) is 0.414. The molecule has 2 aromatic carbocycles. The minimum absolute atomic E-state index is 0.0455. The molecule has 0 saturated heterocycles. The van der Waals surface area contributed by atoms with Crippen molar-refractivity contribution in [2.45, 2.75) is 19.4 Å². The number of hydrogen-bond donors (Lipinski definition) is 2. The molecule has 0 bridgehead atoms.